The van der Waals surface area contributed by atoms with Gasteiger partial charge in [0.1, 0.15) is 5.88 Å². The lowest BCUT2D eigenvalue weighted by Gasteiger charge is -2.13. The Kier molecular flexibility index (Phi) is 2.92. The Hall–Kier alpha value is -0.770. The lowest BCUT2D eigenvalue weighted by molar-refractivity contribution is -0.141. The standard InChI is InChI=1S/C7H10ClNO3/c8-3-6(10)9-2-1-5(4-9)7(11)12/h5H,1-4H2,(H,11,12). The molecule has 0 spiro atoms. The summed E-state index contributed by atoms with van der Waals surface area (Å²) >= 11 is 5.32. The average molecular weight is 192 g/mol. The van der Waals surface area contributed by atoms with E-state index in [0.29, 0.717) is 19.5 Å². The first kappa shape index (κ1) is 9.32. The van der Waals surface area contributed by atoms with Gasteiger partial charge in [-0.25, -0.2) is 0 Å². The van der Waals surface area contributed by atoms with Crippen molar-refractivity contribution in [3.8, 4) is 0 Å². The number of alkyl halides is 1. The lowest BCUT2D eigenvalue weighted by Crippen LogP contribution is -2.30. The molecule has 1 heterocycles. The van der Waals surface area contributed by atoms with Crippen LogP contribution in [0.1, 0.15) is 6.42 Å². The maximum absolute atomic E-state index is 11.0. The van der Waals surface area contributed by atoms with Crippen molar-refractivity contribution in [2.45, 2.75) is 6.42 Å². The Morgan fingerprint density at radius 1 is 1.58 bits per heavy atom. The summed E-state index contributed by atoms with van der Waals surface area (Å²) in [5.74, 6) is -1.48. The second kappa shape index (κ2) is 3.76. The summed E-state index contributed by atoms with van der Waals surface area (Å²) in [5, 5.41) is 8.61. The highest BCUT2D eigenvalue weighted by Crippen LogP contribution is 2.16. The van der Waals surface area contributed by atoms with Crippen LogP contribution in [-0.2, 0) is 9.59 Å². The second-order valence-corrected chi connectivity index (χ2v) is 3.06. The summed E-state index contributed by atoms with van der Waals surface area (Å²) < 4.78 is 0. The molecule has 1 aliphatic heterocycles. The molecule has 0 aromatic carbocycles. The molecule has 0 bridgehead atoms. The fraction of sp³-hybridized carbons (Fsp3) is 0.714. The molecule has 1 N–H and O–H groups in total. The molecule has 0 saturated carbocycles. The Labute approximate surface area is 75.1 Å². The molecule has 0 aromatic rings. The first-order valence-electron chi connectivity index (χ1n) is 3.71. The van der Waals surface area contributed by atoms with Gasteiger partial charge in [0.25, 0.3) is 0 Å². The van der Waals surface area contributed by atoms with Gasteiger partial charge >= 0.3 is 5.97 Å². The highest BCUT2D eigenvalue weighted by atomic mass is 35.5. The van der Waals surface area contributed by atoms with Gasteiger partial charge in [0.05, 0.1) is 5.92 Å². The quantitative estimate of drug-likeness (QED) is 0.633. The first-order chi connectivity index (χ1) is 5.65. The van der Waals surface area contributed by atoms with E-state index in [1.807, 2.05) is 0 Å². The smallest absolute Gasteiger partial charge is 0.308 e. The van der Waals surface area contributed by atoms with Gasteiger partial charge < -0.3 is 10.0 Å². The van der Waals surface area contributed by atoms with Gasteiger partial charge in [-0.2, -0.15) is 0 Å². The molecule has 12 heavy (non-hydrogen) atoms. The van der Waals surface area contributed by atoms with Gasteiger partial charge in [-0.1, -0.05) is 0 Å². The number of aliphatic carboxylic acids is 1. The van der Waals surface area contributed by atoms with Crippen LogP contribution in [-0.4, -0.2) is 40.9 Å². The van der Waals surface area contributed by atoms with Crippen LogP contribution in [0.5, 0.6) is 0 Å². The summed E-state index contributed by atoms with van der Waals surface area (Å²) in [6.07, 6.45) is 0.540. The molecular formula is C7H10ClNO3. The Bertz CT molecular complexity index is 207. The molecule has 4 nitrogen and oxygen atoms in total. The van der Waals surface area contributed by atoms with Crippen LogP contribution >= 0.6 is 11.6 Å². The molecule has 1 rings (SSSR count). The Balaban J connectivity index is 2.45. The van der Waals surface area contributed by atoms with Crippen molar-refractivity contribution in [3.05, 3.63) is 0 Å². The number of carbonyl (C=O) groups excluding carboxylic acids is 1. The van der Waals surface area contributed by atoms with Crippen molar-refractivity contribution in [2.24, 2.45) is 5.92 Å². The van der Waals surface area contributed by atoms with E-state index in [0.717, 1.165) is 0 Å². The molecule has 0 aromatic heterocycles. The molecule has 68 valence electrons. The number of carboxylic acids is 1. The highest BCUT2D eigenvalue weighted by molar-refractivity contribution is 6.27. The maximum atomic E-state index is 11.0. The third kappa shape index (κ3) is 1.88. The second-order valence-electron chi connectivity index (χ2n) is 2.80. The number of carboxylic acid groups (broad SMARTS) is 1. The molecule has 1 amide bonds. The zero-order chi connectivity index (χ0) is 9.14. The monoisotopic (exact) mass is 191 g/mol. The number of hydrogen-bond donors (Lipinski definition) is 1. The molecule has 0 aliphatic carbocycles. The molecule has 1 unspecified atom stereocenters. The van der Waals surface area contributed by atoms with Crippen molar-refractivity contribution < 1.29 is 14.7 Å². The third-order valence-electron chi connectivity index (χ3n) is 2.00. The number of rotatable bonds is 2. The van der Waals surface area contributed by atoms with Crippen LogP contribution in [0, 0.1) is 5.92 Å². The van der Waals surface area contributed by atoms with Gasteiger partial charge in [-0.15, -0.1) is 11.6 Å². The van der Waals surface area contributed by atoms with E-state index in [9.17, 15) is 9.59 Å². The van der Waals surface area contributed by atoms with Crippen LogP contribution in [0.4, 0.5) is 0 Å². The number of halogens is 1. The number of carbonyl (C=O) groups is 2. The largest absolute Gasteiger partial charge is 0.481 e. The highest BCUT2D eigenvalue weighted by Gasteiger charge is 2.30. The SMILES string of the molecule is O=C(O)C1CCN(C(=O)CCl)C1. The summed E-state index contributed by atoms with van der Waals surface area (Å²) in [6, 6.07) is 0. The molecule has 1 fully saturated rings. The Morgan fingerprint density at radius 2 is 2.25 bits per heavy atom. The number of likely N-dealkylation sites (tertiary alicyclic amines) is 1. The van der Waals surface area contributed by atoms with E-state index in [1.165, 1.54) is 4.90 Å². The average Bonchev–Trinajstić information content (AvgIpc) is 2.51. The Morgan fingerprint density at radius 3 is 2.67 bits per heavy atom. The van der Waals surface area contributed by atoms with Gasteiger partial charge in [0.2, 0.25) is 5.91 Å². The topological polar surface area (TPSA) is 57.6 Å². The molecule has 0 radical (unpaired) electrons. The van der Waals surface area contributed by atoms with E-state index in [2.05, 4.69) is 0 Å². The van der Waals surface area contributed by atoms with E-state index in [-0.39, 0.29) is 11.8 Å². The van der Waals surface area contributed by atoms with Crippen LogP contribution in [0.3, 0.4) is 0 Å². The first-order valence-corrected chi connectivity index (χ1v) is 4.25. The van der Waals surface area contributed by atoms with Gasteiger partial charge in [0.15, 0.2) is 0 Å². The number of hydrogen-bond acceptors (Lipinski definition) is 2. The van der Waals surface area contributed by atoms with Crippen LogP contribution in [0.15, 0.2) is 0 Å². The van der Waals surface area contributed by atoms with Gasteiger partial charge in [-0.05, 0) is 6.42 Å². The fourth-order valence-electron chi connectivity index (χ4n) is 1.27. The van der Waals surface area contributed by atoms with E-state index in [1.54, 1.807) is 0 Å². The summed E-state index contributed by atoms with van der Waals surface area (Å²) in [4.78, 5) is 23.0. The third-order valence-corrected chi connectivity index (χ3v) is 2.23. The zero-order valence-electron chi connectivity index (χ0n) is 6.49. The molecular weight excluding hydrogens is 182 g/mol. The van der Waals surface area contributed by atoms with Crippen LogP contribution in [0.25, 0.3) is 0 Å². The minimum atomic E-state index is -0.833. The normalized spacial score (nSPS) is 22.8. The van der Waals surface area contributed by atoms with Gasteiger partial charge in [-0.3, -0.25) is 9.59 Å². The fourth-order valence-corrected chi connectivity index (χ4v) is 1.44. The molecule has 5 heteroatoms. The van der Waals surface area contributed by atoms with E-state index in [4.69, 9.17) is 16.7 Å². The predicted molar refractivity (Wildman–Crippen MR) is 43.0 cm³/mol. The molecule has 1 atom stereocenters. The number of nitrogens with zero attached hydrogens (tertiary/aromatic N) is 1. The molecule has 1 aliphatic rings. The van der Waals surface area contributed by atoms with E-state index < -0.39 is 11.9 Å². The van der Waals surface area contributed by atoms with Crippen molar-refractivity contribution in [3.63, 3.8) is 0 Å². The van der Waals surface area contributed by atoms with Crippen molar-refractivity contribution in [1.29, 1.82) is 0 Å². The number of amides is 1. The predicted octanol–water partition coefficient (Wildman–Crippen LogP) is 0.158. The van der Waals surface area contributed by atoms with Crippen molar-refractivity contribution in [1.82, 2.24) is 4.90 Å². The summed E-state index contributed by atoms with van der Waals surface area (Å²) in [5.41, 5.74) is 0. The van der Waals surface area contributed by atoms with Crippen LogP contribution in [0.2, 0.25) is 0 Å². The summed E-state index contributed by atoms with van der Waals surface area (Å²) in [7, 11) is 0. The van der Waals surface area contributed by atoms with E-state index >= 15 is 0 Å². The summed E-state index contributed by atoms with van der Waals surface area (Å²) in [6.45, 7) is 0.823. The van der Waals surface area contributed by atoms with Gasteiger partial charge in [0, 0.05) is 13.1 Å². The lowest BCUT2D eigenvalue weighted by atomic mass is 10.1. The van der Waals surface area contributed by atoms with Crippen molar-refractivity contribution >= 4 is 23.5 Å². The minimum Gasteiger partial charge on any atom is -0.481 e. The molecule has 1 saturated heterocycles. The zero-order valence-corrected chi connectivity index (χ0v) is 7.25. The maximum Gasteiger partial charge on any atom is 0.308 e. The van der Waals surface area contributed by atoms with Crippen molar-refractivity contribution in [2.75, 3.05) is 19.0 Å². The minimum absolute atomic E-state index is 0.0632. The van der Waals surface area contributed by atoms with Crippen LogP contribution < -0.4 is 0 Å².